The number of rotatable bonds is 6. The topological polar surface area (TPSA) is 68.8 Å². The lowest BCUT2D eigenvalue weighted by Gasteiger charge is -2.11. The Balaban J connectivity index is 1.76. The monoisotopic (exact) mass is 235 g/mol. The van der Waals surface area contributed by atoms with E-state index in [9.17, 15) is 0 Å². The van der Waals surface area contributed by atoms with Crippen LogP contribution in [0.2, 0.25) is 0 Å². The van der Waals surface area contributed by atoms with Gasteiger partial charge in [-0.3, -0.25) is 0 Å². The molecule has 0 saturated carbocycles. The van der Waals surface area contributed by atoms with E-state index in [2.05, 4.69) is 43.4 Å². The Labute approximate surface area is 100 Å². The molecule has 0 aromatic carbocycles. The lowest BCUT2D eigenvalue weighted by atomic mass is 10.3. The number of aromatic nitrogens is 4. The molecule has 0 unspecified atom stereocenters. The zero-order valence-corrected chi connectivity index (χ0v) is 10.1. The average Bonchev–Trinajstić information content (AvgIpc) is 2.95. The van der Waals surface area contributed by atoms with Crippen LogP contribution in [0.5, 0.6) is 0 Å². The van der Waals surface area contributed by atoms with Crippen LogP contribution in [0.1, 0.15) is 31.4 Å². The molecule has 1 N–H and O–H groups in total. The van der Waals surface area contributed by atoms with Gasteiger partial charge in [0.25, 0.3) is 0 Å². The van der Waals surface area contributed by atoms with Gasteiger partial charge in [0.05, 0.1) is 12.0 Å². The second kappa shape index (κ2) is 5.58. The first-order valence-electron chi connectivity index (χ1n) is 5.74. The van der Waals surface area contributed by atoms with Gasteiger partial charge in [-0.05, 0) is 13.8 Å². The van der Waals surface area contributed by atoms with Crippen LogP contribution in [0, 0.1) is 0 Å². The fourth-order valence-electron chi connectivity index (χ4n) is 1.65. The van der Waals surface area contributed by atoms with Gasteiger partial charge in [-0.1, -0.05) is 5.16 Å². The highest BCUT2D eigenvalue weighted by atomic mass is 16.5. The summed E-state index contributed by atoms with van der Waals surface area (Å²) in [6.07, 6.45) is 5.87. The predicted octanol–water partition coefficient (Wildman–Crippen LogP) is 1.18. The van der Waals surface area contributed by atoms with Crippen LogP contribution in [0.3, 0.4) is 0 Å². The Morgan fingerprint density at radius 2 is 2.35 bits per heavy atom. The predicted molar refractivity (Wildman–Crippen MR) is 62.3 cm³/mol. The standard InChI is InChI=1S/C11H17N5O/c1-9(2)16-7-13-6-10(16)5-12-4-3-11-14-8-17-15-11/h6-9,12H,3-5H2,1-2H3. The lowest BCUT2D eigenvalue weighted by molar-refractivity contribution is 0.409. The van der Waals surface area contributed by atoms with Gasteiger partial charge in [0.1, 0.15) is 0 Å². The summed E-state index contributed by atoms with van der Waals surface area (Å²) in [4.78, 5) is 8.12. The van der Waals surface area contributed by atoms with Crippen LogP contribution in [0.4, 0.5) is 0 Å². The Hall–Kier alpha value is -1.69. The molecule has 0 atom stereocenters. The van der Waals surface area contributed by atoms with Crippen molar-refractivity contribution in [2.75, 3.05) is 6.54 Å². The quantitative estimate of drug-likeness (QED) is 0.761. The molecule has 0 aliphatic heterocycles. The van der Waals surface area contributed by atoms with Crippen molar-refractivity contribution in [2.24, 2.45) is 0 Å². The molecule has 0 aliphatic carbocycles. The molecule has 17 heavy (non-hydrogen) atoms. The van der Waals surface area contributed by atoms with Crippen LogP contribution in [-0.2, 0) is 13.0 Å². The number of hydrogen-bond donors (Lipinski definition) is 1. The highest BCUT2D eigenvalue weighted by Gasteiger charge is 2.04. The van der Waals surface area contributed by atoms with Gasteiger partial charge >= 0.3 is 0 Å². The first-order valence-corrected chi connectivity index (χ1v) is 5.74. The van der Waals surface area contributed by atoms with Crippen molar-refractivity contribution in [1.82, 2.24) is 25.0 Å². The molecule has 6 heteroatoms. The number of nitrogens with one attached hydrogen (secondary N) is 1. The normalized spacial score (nSPS) is 11.2. The SMILES string of the molecule is CC(C)n1cncc1CNCCc1ncon1. The molecule has 92 valence electrons. The highest BCUT2D eigenvalue weighted by molar-refractivity contribution is 4.99. The van der Waals surface area contributed by atoms with Crippen molar-refractivity contribution in [3.05, 3.63) is 30.4 Å². The summed E-state index contributed by atoms with van der Waals surface area (Å²) >= 11 is 0. The molecule has 0 spiro atoms. The average molecular weight is 235 g/mol. The van der Waals surface area contributed by atoms with Gasteiger partial charge in [0, 0.05) is 31.7 Å². The fourth-order valence-corrected chi connectivity index (χ4v) is 1.65. The molecule has 0 saturated heterocycles. The molecule has 0 bridgehead atoms. The van der Waals surface area contributed by atoms with Gasteiger partial charge in [0.2, 0.25) is 6.39 Å². The smallest absolute Gasteiger partial charge is 0.213 e. The summed E-state index contributed by atoms with van der Waals surface area (Å²) in [6.45, 7) is 5.91. The maximum atomic E-state index is 4.66. The number of hydrogen-bond acceptors (Lipinski definition) is 5. The minimum absolute atomic E-state index is 0.437. The number of nitrogens with zero attached hydrogens (tertiary/aromatic N) is 4. The van der Waals surface area contributed by atoms with Crippen LogP contribution >= 0.6 is 0 Å². The molecule has 0 amide bonds. The summed E-state index contributed by atoms with van der Waals surface area (Å²) in [5.41, 5.74) is 1.19. The van der Waals surface area contributed by atoms with Gasteiger partial charge in [-0.15, -0.1) is 0 Å². The van der Waals surface area contributed by atoms with E-state index in [1.165, 1.54) is 12.1 Å². The Morgan fingerprint density at radius 1 is 1.47 bits per heavy atom. The minimum Gasteiger partial charge on any atom is -0.343 e. The van der Waals surface area contributed by atoms with Crippen molar-refractivity contribution < 1.29 is 4.52 Å². The third-order valence-corrected chi connectivity index (χ3v) is 2.54. The van der Waals surface area contributed by atoms with Gasteiger partial charge in [-0.2, -0.15) is 4.98 Å². The largest absolute Gasteiger partial charge is 0.343 e. The second-order valence-corrected chi connectivity index (χ2v) is 4.16. The molecular weight excluding hydrogens is 218 g/mol. The van der Waals surface area contributed by atoms with Crippen molar-refractivity contribution in [2.45, 2.75) is 32.9 Å². The highest BCUT2D eigenvalue weighted by Crippen LogP contribution is 2.08. The zero-order chi connectivity index (χ0) is 12.1. The van der Waals surface area contributed by atoms with E-state index in [0.717, 1.165) is 25.3 Å². The van der Waals surface area contributed by atoms with E-state index >= 15 is 0 Å². The summed E-state index contributed by atoms with van der Waals surface area (Å²) in [5.74, 6) is 0.731. The molecule has 2 aromatic heterocycles. The maximum absolute atomic E-state index is 4.66. The van der Waals surface area contributed by atoms with E-state index in [4.69, 9.17) is 0 Å². The van der Waals surface area contributed by atoms with Gasteiger partial charge in [-0.25, -0.2) is 4.98 Å². The molecule has 2 heterocycles. The van der Waals surface area contributed by atoms with Crippen LogP contribution in [-0.4, -0.2) is 26.2 Å². The van der Waals surface area contributed by atoms with Crippen LogP contribution < -0.4 is 5.32 Å². The van der Waals surface area contributed by atoms with Crippen molar-refractivity contribution in [1.29, 1.82) is 0 Å². The molecule has 2 aromatic rings. The van der Waals surface area contributed by atoms with E-state index in [0.29, 0.717) is 6.04 Å². The molecule has 6 nitrogen and oxygen atoms in total. The Morgan fingerprint density at radius 3 is 3.06 bits per heavy atom. The van der Waals surface area contributed by atoms with Gasteiger partial charge < -0.3 is 14.4 Å². The third-order valence-electron chi connectivity index (χ3n) is 2.54. The van der Waals surface area contributed by atoms with Crippen LogP contribution in [0.25, 0.3) is 0 Å². The summed E-state index contributed by atoms with van der Waals surface area (Å²) in [7, 11) is 0. The van der Waals surface area contributed by atoms with E-state index < -0.39 is 0 Å². The first-order chi connectivity index (χ1) is 8.27. The summed E-state index contributed by atoms with van der Waals surface area (Å²) < 4.78 is 6.82. The molecule has 0 aliphatic rings. The molecular formula is C11H17N5O. The Bertz CT molecular complexity index is 434. The van der Waals surface area contributed by atoms with E-state index in [1.54, 1.807) is 0 Å². The lowest BCUT2D eigenvalue weighted by Crippen LogP contribution is -2.19. The van der Waals surface area contributed by atoms with E-state index in [1.807, 2.05) is 12.5 Å². The van der Waals surface area contributed by atoms with Crippen molar-refractivity contribution in [3.63, 3.8) is 0 Å². The second-order valence-electron chi connectivity index (χ2n) is 4.16. The number of imidazole rings is 1. The molecule has 2 rings (SSSR count). The van der Waals surface area contributed by atoms with Crippen molar-refractivity contribution in [3.8, 4) is 0 Å². The van der Waals surface area contributed by atoms with Crippen LogP contribution in [0.15, 0.2) is 23.4 Å². The molecule has 0 radical (unpaired) electrons. The summed E-state index contributed by atoms with van der Waals surface area (Å²) in [5, 5.41) is 7.09. The fraction of sp³-hybridized carbons (Fsp3) is 0.545. The Kier molecular flexibility index (Phi) is 3.87. The molecule has 0 fully saturated rings. The third kappa shape index (κ3) is 3.13. The minimum atomic E-state index is 0.437. The van der Waals surface area contributed by atoms with E-state index in [-0.39, 0.29) is 0 Å². The van der Waals surface area contributed by atoms with Crippen molar-refractivity contribution >= 4 is 0 Å². The first kappa shape index (κ1) is 11.8. The summed E-state index contributed by atoms with van der Waals surface area (Å²) in [6, 6.07) is 0.437. The van der Waals surface area contributed by atoms with Gasteiger partial charge in [0.15, 0.2) is 5.82 Å². The zero-order valence-electron chi connectivity index (χ0n) is 10.1. The maximum Gasteiger partial charge on any atom is 0.213 e.